The summed E-state index contributed by atoms with van der Waals surface area (Å²) in [6.45, 7) is 8.89. The fraction of sp³-hybridized carbons (Fsp3) is 0.905. The molecule has 1 N–H and O–H groups in total. The van der Waals surface area contributed by atoms with E-state index in [-0.39, 0.29) is 28.9 Å². The second kappa shape index (κ2) is 9.72. The van der Waals surface area contributed by atoms with Crippen molar-refractivity contribution in [2.24, 2.45) is 11.8 Å². The molecule has 0 aliphatic carbocycles. The topological polar surface area (TPSA) is 66.8 Å². The Morgan fingerprint density at radius 3 is 2.04 bits per heavy atom. The van der Waals surface area contributed by atoms with Gasteiger partial charge in [0.1, 0.15) is 0 Å². The second-order valence-electron chi connectivity index (χ2n) is 9.18. The lowest BCUT2D eigenvalue weighted by Gasteiger charge is -2.54. The third kappa shape index (κ3) is 6.57. The van der Waals surface area contributed by atoms with Crippen LogP contribution < -0.4 is 0 Å². The van der Waals surface area contributed by atoms with Gasteiger partial charge in [-0.05, 0) is 66.3 Å². The number of carboxylic acids is 1. The summed E-state index contributed by atoms with van der Waals surface area (Å²) in [7, 11) is 3.57. The average Bonchev–Trinajstić information content (AvgIpc) is 2.53. The van der Waals surface area contributed by atoms with Gasteiger partial charge in [-0.25, -0.2) is 0 Å². The fourth-order valence-corrected chi connectivity index (χ4v) is 4.56. The smallest absolute Gasteiger partial charge is 0.306 e. The van der Waals surface area contributed by atoms with E-state index in [2.05, 4.69) is 44.4 Å². The van der Waals surface area contributed by atoms with E-state index < -0.39 is 5.97 Å². The van der Waals surface area contributed by atoms with Crippen LogP contribution in [0.25, 0.3) is 0 Å². The SMILES string of the molecule is COC(=O)CCCCCCCC(C(=O)O)C1CC(C)(C)N(C)C(C)(C)C1. The van der Waals surface area contributed by atoms with Crippen molar-refractivity contribution < 1.29 is 19.4 Å². The van der Waals surface area contributed by atoms with Crippen molar-refractivity contribution in [3.05, 3.63) is 0 Å². The normalized spacial score (nSPS) is 21.3. The Bertz CT molecular complexity index is 455. The number of hydrogen-bond donors (Lipinski definition) is 1. The van der Waals surface area contributed by atoms with E-state index in [0.717, 1.165) is 51.4 Å². The minimum Gasteiger partial charge on any atom is -0.481 e. The van der Waals surface area contributed by atoms with Gasteiger partial charge in [0.25, 0.3) is 0 Å². The molecular formula is C21H39NO4. The maximum atomic E-state index is 11.9. The first kappa shape index (κ1) is 22.9. The lowest BCUT2D eigenvalue weighted by atomic mass is 9.68. The summed E-state index contributed by atoms with van der Waals surface area (Å²) in [5, 5.41) is 9.80. The summed E-state index contributed by atoms with van der Waals surface area (Å²) in [6, 6.07) is 0. The van der Waals surface area contributed by atoms with E-state index in [1.807, 2.05) is 0 Å². The van der Waals surface area contributed by atoms with E-state index in [4.69, 9.17) is 0 Å². The number of methoxy groups -OCH3 is 1. The second-order valence-corrected chi connectivity index (χ2v) is 9.18. The Balaban J connectivity index is 2.47. The fourth-order valence-electron chi connectivity index (χ4n) is 4.56. The quantitative estimate of drug-likeness (QED) is 0.454. The third-order valence-electron chi connectivity index (χ3n) is 6.35. The van der Waals surface area contributed by atoms with Gasteiger partial charge in [-0.2, -0.15) is 0 Å². The van der Waals surface area contributed by atoms with Crippen LogP contribution in [0.3, 0.4) is 0 Å². The van der Waals surface area contributed by atoms with E-state index in [1.165, 1.54) is 7.11 Å². The molecule has 0 aromatic heterocycles. The molecule has 0 radical (unpaired) electrons. The molecule has 0 spiro atoms. The number of hydrogen-bond acceptors (Lipinski definition) is 4. The lowest BCUT2D eigenvalue weighted by Crippen LogP contribution is -2.59. The molecule has 1 aliphatic heterocycles. The zero-order valence-electron chi connectivity index (χ0n) is 17.6. The number of piperidine rings is 1. The standard InChI is InChI=1S/C21H39NO4/c1-20(2)14-16(15-21(3,4)22(20)5)17(19(24)25)12-10-8-7-9-11-13-18(23)26-6/h16-17H,7-15H2,1-6H3,(H,24,25). The van der Waals surface area contributed by atoms with E-state index in [1.54, 1.807) is 0 Å². The van der Waals surface area contributed by atoms with Gasteiger partial charge in [0.15, 0.2) is 0 Å². The van der Waals surface area contributed by atoms with Gasteiger partial charge in [-0.3, -0.25) is 14.5 Å². The van der Waals surface area contributed by atoms with E-state index in [0.29, 0.717) is 6.42 Å². The van der Waals surface area contributed by atoms with Gasteiger partial charge in [0.05, 0.1) is 13.0 Å². The minimum atomic E-state index is -0.642. The maximum Gasteiger partial charge on any atom is 0.306 e. The zero-order valence-corrected chi connectivity index (χ0v) is 17.6. The van der Waals surface area contributed by atoms with Crippen molar-refractivity contribution >= 4 is 11.9 Å². The van der Waals surface area contributed by atoms with Crippen molar-refractivity contribution in [2.75, 3.05) is 14.2 Å². The van der Waals surface area contributed by atoms with E-state index >= 15 is 0 Å². The molecular weight excluding hydrogens is 330 g/mol. The van der Waals surface area contributed by atoms with Crippen molar-refractivity contribution in [2.45, 2.75) is 96.6 Å². The Kier molecular flexibility index (Phi) is 8.58. The highest BCUT2D eigenvalue weighted by Gasteiger charge is 2.46. The Morgan fingerprint density at radius 2 is 1.54 bits per heavy atom. The molecule has 0 aromatic rings. The number of carboxylic acid groups (broad SMARTS) is 1. The number of carbonyl (C=O) groups excluding carboxylic acids is 1. The van der Waals surface area contributed by atoms with Crippen LogP contribution in [-0.2, 0) is 14.3 Å². The monoisotopic (exact) mass is 369 g/mol. The molecule has 5 heteroatoms. The highest BCUT2D eigenvalue weighted by molar-refractivity contribution is 5.70. The zero-order chi connectivity index (χ0) is 20.0. The van der Waals surface area contributed by atoms with Gasteiger partial charge in [0, 0.05) is 17.5 Å². The molecule has 1 rings (SSSR count). The first-order valence-corrected chi connectivity index (χ1v) is 10.0. The van der Waals surface area contributed by atoms with Gasteiger partial charge in [-0.15, -0.1) is 0 Å². The summed E-state index contributed by atoms with van der Waals surface area (Å²) < 4.78 is 4.64. The molecule has 0 saturated carbocycles. The van der Waals surface area contributed by atoms with Crippen LogP contribution in [0.1, 0.15) is 85.5 Å². The van der Waals surface area contributed by atoms with E-state index in [9.17, 15) is 14.7 Å². The number of aliphatic carboxylic acids is 1. The van der Waals surface area contributed by atoms with Crippen LogP contribution in [0.5, 0.6) is 0 Å². The van der Waals surface area contributed by atoms with Crippen LogP contribution in [0.2, 0.25) is 0 Å². The molecule has 1 heterocycles. The molecule has 1 fully saturated rings. The van der Waals surface area contributed by atoms with Crippen molar-refractivity contribution in [1.29, 1.82) is 0 Å². The van der Waals surface area contributed by atoms with Crippen LogP contribution in [0, 0.1) is 11.8 Å². The highest BCUT2D eigenvalue weighted by atomic mass is 16.5. The molecule has 0 bridgehead atoms. The van der Waals surface area contributed by atoms with Crippen molar-refractivity contribution in [3.8, 4) is 0 Å². The third-order valence-corrected chi connectivity index (χ3v) is 6.35. The van der Waals surface area contributed by atoms with Gasteiger partial charge in [0.2, 0.25) is 0 Å². The number of nitrogens with zero attached hydrogens (tertiary/aromatic N) is 1. The minimum absolute atomic E-state index is 0.0218. The molecule has 1 atom stereocenters. The number of rotatable bonds is 10. The molecule has 0 aromatic carbocycles. The number of likely N-dealkylation sites (tertiary alicyclic amines) is 1. The molecule has 0 amide bonds. The predicted octanol–water partition coefficient (Wildman–Crippen LogP) is 4.49. The van der Waals surface area contributed by atoms with Crippen molar-refractivity contribution in [1.82, 2.24) is 4.90 Å². The number of esters is 1. The summed E-state index contributed by atoms with van der Waals surface area (Å²) in [5.41, 5.74) is 0.0437. The Morgan fingerprint density at radius 1 is 1.04 bits per heavy atom. The van der Waals surface area contributed by atoms with Crippen LogP contribution >= 0.6 is 0 Å². The van der Waals surface area contributed by atoms with Gasteiger partial charge < -0.3 is 9.84 Å². The molecule has 5 nitrogen and oxygen atoms in total. The predicted molar refractivity (Wildman–Crippen MR) is 104 cm³/mol. The molecule has 1 saturated heterocycles. The van der Waals surface area contributed by atoms with Crippen LogP contribution in [-0.4, -0.2) is 47.2 Å². The highest BCUT2D eigenvalue weighted by Crippen LogP contribution is 2.44. The number of ether oxygens (including phenoxy) is 1. The van der Waals surface area contributed by atoms with Gasteiger partial charge in [-0.1, -0.05) is 25.7 Å². The number of unbranched alkanes of at least 4 members (excludes halogenated alkanes) is 4. The molecule has 152 valence electrons. The average molecular weight is 370 g/mol. The van der Waals surface area contributed by atoms with Crippen LogP contribution in [0.15, 0.2) is 0 Å². The Labute approximate surface area is 159 Å². The van der Waals surface area contributed by atoms with Gasteiger partial charge >= 0.3 is 11.9 Å². The molecule has 1 unspecified atom stereocenters. The number of carbonyl (C=O) groups is 2. The first-order chi connectivity index (χ1) is 12.0. The summed E-state index contributed by atoms with van der Waals surface area (Å²) >= 11 is 0. The van der Waals surface area contributed by atoms with Crippen LogP contribution in [0.4, 0.5) is 0 Å². The first-order valence-electron chi connectivity index (χ1n) is 10.0. The summed E-state index contributed by atoms with van der Waals surface area (Å²) in [5.74, 6) is -0.814. The summed E-state index contributed by atoms with van der Waals surface area (Å²) in [6.07, 6.45) is 7.99. The lowest BCUT2D eigenvalue weighted by molar-refractivity contribution is -0.147. The largest absolute Gasteiger partial charge is 0.481 e. The maximum absolute atomic E-state index is 11.9. The molecule has 26 heavy (non-hydrogen) atoms. The molecule has 1 aliphatic rings. The summed E-state index contributed by atoms with van der Waals surface area (Å²) in [4.78, 5) is 25.4. The van der Waals surface area contributed by atoms with Crippen molar-refractivity contribution in [3.63, 3.8) is 0 Å². The Hall–Kier alpha value is -1.10.